The van der Waals surface area contributed by atoms with E-state index in [1.807, 2.05) is 0 Å². The molecule has 0 fully saturated rings. The van der Waals surface area contributed by atoms with Gasteiger partial charge in [-0.3, -0.25) is 10.8 Å². The lowest BCUT2D eigenvalue weighted by atomic mass is 10.1. The number of halogens is 2. The summed E-state index contributed by atoms with van der Waals surface area (Å²) in [6.45, 7) is 0. The first-order valence-corrected chi connectivity index (χ1v) is 6.74. The summed E-state index contributed by atoms with van der Waals surface area (Å²) >= 11 is 0. The molecule has 10 heteroatoms. The van der Waals surface area contributed by atoms with Crippen LogP contribution in [-0.4, -0.2) is 31.9 Å². The van der Waals surface area contributed by atoms with Gasteiger partial charge < -0.3 is 11.5 Å². The summed E-state index contributed by atoms with van der Waals surface area (Å²) in [5.41, 5.74) is 13.6. The Bertz CT molecular complexity index is 799. The number of hydrogen-bond donors (Lipinski definition) is 4. The molecule has 8 nitrogen and oxygen atoms in total. The Morgan fingerprint density at radius 2 is 1.28 bits per heavy atom. The van der Waals surface area contributed by atoms with Crippen molar-refractivity contribution in [2.45, 2.75) is 0 Å². The molecule has 0 spiro atoms. The summed E-state index contributed by atoms with van der Waals surface area (Å²) in [6, 6.07) is 14.0. The van der Waals surface area contributed by atoms with Crippen LogP contribution in [0.3, 0.4) is 0 Å². The molecule has 0 aliphatic heterocycles. The molecule has 3 rings (SSSR count). The van der Waals surface area contributed by atoms with Crippen LogP contribution in [0.1, 0.15) is 11.1 Å². The van der Waals surface area contributed by atoms with Crippen molar-refractivity contribution in [3.05, 3.63) is 59.7 Å². The number of nitrogen functional groups attached to an aromatic ring is 2. The molecular weight excluding hydrogens is 363 g/mol. The molecule has 0 saturated heterocycles. The van der Waals surface area contributed by atoms with Crippen molar-refractivity contribution >= 4 is 36.5 Å². The third-order valence-corrected chi connectivity index (χ3v) is 3.28. The fourth-order valence-corrected chi connectivity index (χ4v) is 2.01. The quantitative estimate of drug-likeness (QED) is 0.403. The van der Waals surface area contributed by atoms with Gasteiger partial charge in [-0.1, -0.05) is 24.3 Å². The standard InChI is InChI=1S/C15H14N8.2ClH/c16-13(17)9-1-3-11(4-2-9)15-20-22-23(21-15)12-7-5-10(6-8-12)14(18)19;;/h1-8H,(H3,16,17)(H3,18,19);2*1H. The molecule has 0 unspecified atom stereocenters. The predicted molar refractivity (Wildman–Crippen MR) is 101 cm³/mol. The molecule has 0 aliphatic carbocycles. The maximum absolute atomic E-state index is 7.38. The third kappa shape index (κ3) is 4.31. The highest BCUT2D eigenvalue weighted by molar-refractivity contribution is 5.95. The summed E-state index contributed by atoms with van der Waals surface area (Å²) in [6.07, 6.45) is 0. The number of hydrogen-bond acceptors (Lipinski definition) is 5. The summed E-state index contributed by atoms with van der Waals surface area (Å²) < 4.78 is 0. The van der Waals surface area contributed by atoms with E-state index in [4.69, 9.17) is 22.3 Å². The first-order valence-electron chi connectivity index (χ1n) is 6.74. The number of nitrogens with one attached hydrogen (secondary N) is 2. The van der Waals surface area contributed by atoms with Gasteiger partial charge in [0.05, 0.1) is 5.69 Å². The van der Waals surface area contributed by atoms with Crippen LogP contribution >= 0.6 is 24.8 Å². The van der Waals surface area contributed by atoms with Crippen molar-refractivity contribution in [1.29, 1.82) is 10.8 Å². The van der Waals surface area contributed by atoms with Gasteiger partial charge in [0.2, 0.25) is 5.82 Å². The number of amidine groups is 2. The number of rotatable bonds is 4. The molecule has 0 atom stereocenters. The van der Waals surface area contributed by atoms with E-state index in [1.165, 1.54) is 4.80 Å². The van der Waals surface area contributed by atoms with Crippen molar-refractivity contribution in [3.8, 4) is 17.1 Å². The lowest BCUT2D eigenvalue weighted by Gasteiger charge is -2.01. The third-order valence-electron chi connectivity index (χ3n) is 3.28. The van der Waals surface area contributed by atoms with Gasteiger partial charge in [-0.25, -0.2) is 0 Å². The average molecular weight is 379 g/mol. The molecule has 0 amide bonds. The Kier molecular flexibility index (Phi) is 6.60. The minimum atomic E-state index is 0. The molecule has 130 valence electrons. The van der Waals surface area contributed by atoms with Crippen molar-refractivity contribution in [2.24, 2.45) is 11.5 Å². The van der Waals surface area contributed by atoms with Crippen LogP contribution in [0.15, 0.2) is 48.5 Å². The highest BCUT2D eigenvalue weighted by Crippen LogP contribution is 2.16. The predicted octanol–water partition coefficient (Wildman–Crippen LogP) is 1.74. The SMILES string of the molecule is Cl.Cl.N=C(N)c1ccc(-c2nnn(-c3ccc(C(=N)N)cc3)n2)cc1. The first-order chi connectivity index (χ1) is 11.0. The van der Waals surface area contributed by atoms with Crippen LogP contribution in [0.4, 0.5) is 0 Å². The minimum Gasteiger partial charge on any atom is -0.384 e. The molecule has 1 heterocycles. The number of benzene rings is 2. The molecule has 6 N–H and O–H groups in total. The van der Waals surface area contributed by atoms with E-state index in [9.17, 15) is 0 Å². The highest BCUT2D eigenvalue weighted by Gasteiger charge is 2.08. The van der Waals surface area contributed by atoms with E-state index >= 15 is 0 Å². The average Bonchev–Trinajstić information content (AvgIpc) is 3.05. The molecule has 1 aromatic heterocycles. The molecule has 0 aliphatic rings. The van der Waals surface area contributed by atoms with E-state index in [-0.39, 0.29) is 36.5 Å². The first kappa shape index (κ1) is 20.1. The second kappa shape index (κ2) is 8.22. The van der Waals surface area contributed by atoms with Crippen molar-refractivity contribution < 1.29 is 0 Å². The number of aromatic nitrogens is 4. The van der Waals surface area contributed by atoms with Crippen molar-refractivity contribution in [2.75, 3.05) is 0 Å². The zero-order chi connectivity index (χ0) is 16.4. The molecule has 0 radical (unpaired) electrons. The van der Waals surface area contributed by atoms with Crippen LogP contribution in [0.2, 0.25) is 0 Å². The smallest absolute Gasteiger partial charge is 0.205 e. The van der Waals surface area contributed by atoms with Crippen LogP contribution in [0, 0.1) is 10.8 Å². The second-order valence-electron chi connectivity index (χ2n) is 4.85. The molecule has 3 aromatic rings. The molecular formula is C15H16Cl2N8. The fourth-order valence-electron chi connectivity index (χ4n) is 2.01. The summed E-state index contributed by atoms with van der Waals surface area (Å²) in [7, 11) is 0. The van der Waals surface area contributed by atoms with Crippen molar-refractivity contribution in [1.82, 2.24) is 20.2 Å². The zero-order valence-corrected chi connectivity index (χ0v) is 14.5. The minimum absolute atomic E-state index is 0. The lowest BCUT2D eigenvalue weighted by molar-refractivity contribution is 0.720. The van der Waals surface area contributed by atoms with Crippen LogP contribution in [-0.2, 0) is 0 Å². The Morgan fingerprint density at radius 1 is 0.800 bits per heavy atom. The van der Waals surface area contributed by atoms with E-state index in [1.54, 1.807) is 48.5 Å². The van der Waals surface area contributed by atoms with E-state index in [0.717, 1.165) is 5.56 Å². The van der Waals surface area contributed by atoms with Crippen molar-refractivity contribution in [3.63, 3.8) is 0 Å². The van der Waals surface area contributed by atoms with Gasteiger partial charge in [0.1, 0.15) is 11.7 Å². The van der Waals surface area contributed by atoms with Crippen LogP contribution < -0.4 is 11.5 Å². The molecule has 0 bridgehead atoms. The van der Waals surface area contributed by atoms with Gasteiger partial charge in [-0.15, -0.1) is 39.8 Å². The summed E-state index contributed by atoms with van der Waals surface area (Å²) in [5.74, 6) is 0.490. The van der Waals surface area contributed by atoms with Gasteiger partial charge in [-0.2, -0.15) is 0 Å². The highest BCUT2D eigenvalue weighted by atomic mass is 35.5. The molecule has 25 heavy (non-hydrogen) atoms. The normalized spacial score (nSPS) is 9.60. The Balaban J connectivity index is 0.00000156. The number of nitrogens with zero attached hydrogens (tertiary/aromatic N) is 4. The van der Waals surface area contributed by atoms with Gasteiger partial charge in [0, 0.05) is 16.7 Å². The zero-order valence-electron chi connectivity index (χ0n) is 12.9. The number of tetrazole rings is 1. The van der Waals surface area contributed by atoms with Crippen LogP contribution in [0.5, 0.6) is 0 Å². The summed E-state index contributed by atoms with van der Waals surface area (Å²) in [4.78, 5) is 1.40. The largest absolute Gasteiger partial charge is 0.384 e. The maximum Gasteiger partial charge on any atom is 0.205 e. The van der Waals surface area contributed by atoms with E-state index in [2.05, 4.69) is 15.4 Å². The molecule has 2 aromatic carbocycles. The lowest BCUT2D eigenvalue weighted by Crippen LogP contribution is -2.11. The second-order valence-corrected chi connectivity index (χ2v) is 4.85. The topological polar surface area (TPSA) is 143 Å². The van der Waals surface area contributed by atoms with E-state index < -0.39 is 0 Å². The van der Waals surface area contributed by atoms with Gasteiger partial charge in [-0.05, 0) is 29.5 Å². The number of nitrogens with two attached hydrogens (primary N) is 2. The fraction of sp³-hybridized carbons (Fsp3) is 0. The Labute approximate surface area is 156 Å². The summed E-state index contributed by atoms with van der Waals surface area (Å²) in [5, 5.41) is 27.1. The maximum atomic E-state index is 7.38. The Hall–Kier alpha value is -2.97. The van der Waals surface area contributed by atoms with E-state index in [0.29, 0.717) is 22.6 Å². The Morgan fingerprint density at radius 3 is 1.76 bits per heavy atom. The van der Waals surface area contributed by atoms with Gasteiger partial charge in [0.25, 0.3) is 0 Å². The van der Waals surface area contributed by atoms with Gasteiger partial charge >= 0.3 is 0 Å². The monoisotopic (exact) mass is 378 g/mol. The molecule has 0 saturated carbocycles. The van der Waals surface area contributed by atoms with Crippen LogP contribution in [0.25, 0.3) is 17.1 Å². The van der Waals surface area contributed by atoms with Gasteiger partial charge in [0.15, 0.2) is 0 Å².